The van der Waals surface area contributed by atoms with Crippen LogP contribution in [-0.2, 0) is 0 Å². The van der Waals surface area contributed by atoms with E-state index >= 15 is 0 Å². The highest BCUT2D eigenvalue weighted by molar-refractivity contribution is 9.10. The highest BCUT2D eigenvalue weighted by Gasteiger charge is 2.18. The van der Waals surface area contributed by atoms with Crippen LogP contribution in [0.4, 0.5) is 4.39 Å². The highest BCUT2D eigenvalue weighted by atomic mass is 79.9. The lowest BCUT2D eigenvalue weighted by Gasteiger charge is -2.16. The summed E-state index contributed by atoms with van der Waals surface area (Å²) < 4.78 is 24.3. The third kappa shape index (κ3) is 2.94. The van der Waals surface area contributed by atoms with Crippen molar-refractivity contribution in [3.63, 3.8) is 0 Å². The second-order valence-corrected chi connectivity index (χ2v) is 5.04. The lowest BCUT2D eigenvalue weighted by atomic mass is 10.0. The van der Waals surface area contributed by atoms with Gasteiger partial charge >= 0.3 is 0 Å². The van der Waals surface area contributed by atoms with Gasteiger partial charge in [-0.05, 0) is 29.8 Å². The summed E-state index contributed by atoms with van der Waals surface area (Å²) in [6.07, 6.45) is -0.958. The van der Waals surface area contributed by atoms with E-state index in [4.69, 9.17) is 9.47 Å². The molecule has 2 aromatic rings. The molecule has 0 aliphatic heterocycles. The molecule has 0 radical (unpaired) electrons. The normalized spacial score (nSPS) is 12.1. The summed E-state index contributed by atoms with van der Waals surface area (Å²) in [6, 6.07) is 9.22. The zero-order chi connectivity index (χ0) is 14.7. The smallest absolute Gasteiger partial charge is 0.161 e. The van der Waals surface area contributed by atoms with Crippen LogP contribution in [0.25, 0.3) is 0 Å². The molecule has 0 heterocycles. The summed E-state index contributed by atoms with van der Waals surface area (Å²) >= 11 is 3.38. The topological polar surface area (TPSA) is 38.7 Å². The first-order chi connectivity index (χ1) is 9.56. The van der Waals surface area contributed by atoms with Crippen LogP contribution < -0.4 is 9.47 Å². The molecule has 0 aliphatic carbocycles. The minimum absolute atomic E-state index is 0.391. The number of benzene rings is 2. The van der Waals surface area contributed by atoms with Gasteiger partial charge in [-0.2, -0.15) is 0 Å². The fraction of sp³-hybridized carbons (Fsp3) is 0.200. The molecule has 0 fully saturated rings. The number of aliphatic hydroxyl groups is 1. The zero-order valence-electron chi connectivity index (χ0n) is 11.1. The van der Waals surface area contributed by atoms with Gasteiger partial charge in [-0.1, -0.05) is 28.1 Å². The first-order valence-electron chi connectivity index (χ1n) is 5.91. The van der Waals surface area contributed by atoms with E-state index in [1.54, 1.807) is 24.3 Å². The molecule has 0 saturated heterocycles. The number of hydrogen-bond acceptors (Lipinski definition) is 3. The SMILES string of the molecule is COc1cc(Br)c(C(O)c2cccc(F)c2)cc1OC. The minimum Gasteiger partial charge on any atom is -0.493 e. The van der Waals surface area contributed by atoms with Gasteiger partial charge < -0.3 is 14.6 Å². The summed E-state index contributed by atoms with van der Waals surface area (Å²) in [4.78, 5) is 0. The van der Waals surface area contributed by atoms with Gasteiger partial charge in [0.15, 0.2) is 11.5 Å². The van der Waals surface area contributed by atoms with Crippen molar-refractivity contribution in [2.24, 2.45) is 0 Å². The molecule has 1 N–H and O–H groups in total. The van der Waals surface area contributed by atoms with Crippen molar-refractivity contribution in [3.05, 3.63) is 57.8 Å². The van der Waals surface area contributed by atoms with E-state index in [0.717, 1.165) is 0 Å². The molecule has 3 nitrogen and oxygen atoms in total. The average Bonchev–Trinajstić information content (AvgIpc) is 2.46. The van der Waals surface area contributed by atoms with Crippen LogP contribution in [-0.4, -0.2) is 19.3 Å². The standard InChI is InChI=1S/C15H14BrFO3/c1-19-13-7-11(12(16)8-14(13)20-2)15(18)9-4-3-5-10(17)6-9/h3-8,15,18H,1-2H3. The number of methoxy groups -OCH3 is 2. The van der Waals surface area contributed by atoms with Crippen LogP contribution in [0.1, 0.15) is 17.2 Å². The Morgan fingerprint density at radius 3 is 2.35 bits per heavy atom. The predicted molar refractivity (Wildman–Crippen MR) is 77.7 cm³/mol. The monoisotopic (exact) mass is 340 g/mol. The van der Waals surface area contributed by atoms with Gasteiger partial charge in [-0.3, -0.25) is 0 Å². The Balaban J connectivity index is 2.46. The van der Waals surface area contributed by atoms with Crippen LogP contribution in [0.2, 0.25) is 0 Å². The van der Waals surface area contributed by atoms with Gasteiger partial charge in [-0.25, -0.2) is 4.39 Å². The summed E-state index contributed by atoms with van der Waals surface area (Å²) in [5, 5.41) is 10.4. The number of halogens is 2. The van der Waals surface area contributed by atoms with Crippen LogP contribution in [0.15, 0.2) is 40.9 Å². The van der Waals surface area contributed by atoms with Crippen molar-refractivity contribution in [1.29, 1.82) is 0 Å². The first kappa shape index (κ1) is 14.8. The average molecular weight is 341 g/mol. The van der Waals surface area contributed by atoms with Crippen LogP contribution in [0.5, 0.6) is 11.5 Å². The van der Waals surface area contributed by atoms with Gasteiger partial charge in [-0.15, -0.1) is 0 Å². The van der Waals surface area contributed by atoms with Crippen molar-refractivity contribution in [2.75, 3.05) is 14.2 Å². The Kier molecular flexibility index (Phi) is 4.62. The molecule has 0 saturated carbocycles. The molecule has 20 heavy (non-hydrogen) atoms. The summed E-state index contributed by atoms with van der Waals surface area (Å²) in [5.41, 5.74) is 1.05. The Labute approximate surface area is 125 Å². The van der Waals surface area contributed by atoms with Crippen LogP contribution in [0, 0.1) is 5.82 Å². The molecule has 0 amide bonds. The molecule has 0 aliphatic rings. The maximum atomic E-state index is 13.2. The highest BCUT2D eigenvalue weighted by Crippen LogP contribution is 2.37. The van der Waals surface area contributed by atoms with Crippen molar-refractivity contribution in [2.45, 2.75) is 6.10 Å². The Morgan fingerprint density at radius 2 is 1.75 bits per heavy atom. The summed E-state index contributed by atoms with van der Waals surface area (Å²) in [6.45, 7) is 0. The molecule has 2 rings (SSSR count). The molecular weight excluding hydrogens is 327 g/mol. The van der Waals surface area contributed by atoms with E-state index in [9.17, 15) is 9.50 Å². The third-order valence-electron chi connectivity index (χ3n) is 2.96. The summed E-state index contributed by atoms with van der Waals surface area (Å²) in [7, 11) is 3.05. The first-order valence-corrected chi connectivity index (χ1v) is 6.71. The number of rotatable bonds is 4. The van der Waals surface area contributed by atoms with Crippen LogP contribution >= 0.6 is 15.9 Å². The molecule has 2 aromatic carbocycles. The number of ether oxygens (including phenoxy) is 2. The predicted octanol–water partition coefficient (Wildman–Crippen LogP) is 3.69. The van der Waals surface area contributed by atoms with E-state index < -0.39 is 11.9 Å². The molecule has 0 bridgehead atoms. The largest absolute Gasteiger partial charge is 0.493 e. The summed E-state index contributed by atoms with van der Waals surface area (Å²) in [5.74, 6) is 0.661. The van der Waals surface area contributed by atoms with Crippen molar-refractivity contribution in [3.8, 4) is 11.5 Å². The quantitative estimate of drug-likeness (QED) is 0.922. The van der Waals surface area contributed by atoms with Crippen molar-refractivity contribution < 1.29 is 19.0 Å². The lowest BCUT2D eigenvalue weighted by molar-refractivity contribution is 0.218. The number of hydrogen-bond donors (Lipinski definition) is 1. The van der Waals surface area contributed by atoms with Gasteiger partial charge in [0.25, 0.3) is 0 Å². The molecule has 1 unspecified atom stereocenters. The molecule has 0 spiro atoms. The maximum Gasteiger partial charge on any atom is 0.161 e. The van der Waals surface area contributed by atoms with Gasteiger partial charge in [0.1, 0.15) is 11.9 Å². The molecule has 106 valence electrons. The zero-order valence-corrected chi connectivity index (χ0v) is 12.6. The van der Waals surface area contributed by atoms with Crippen molar-refractivity contribution >= 4 is 15.9 Å². The Hall–Kier alpha value is -1.59. The van der Waals surface area contributed by atoms with E-state index in [-0.39, 0.29) is 0 Å². The third-order valence-corrected chi connectivity index (χ3v) is 3.65. The second kappa shape index (κ2) is 6.24. The van der Waals surface area contributed by atoms with Crippen LogP contribution in [0.3, 0.4) is 0 Å². The van der Waals surface area contributed by atoms with E-state index in [2.05, 4.69) is 15.9 Å². The number of aliphatic hydroxyl groups excluding tert-OH is 1. The van der Waals surface area contributed by atoms with Gasteiger partial charge in [0, 0.05) is 10.0 Å². The molecule has 1 atom stereocenters. The fourth-order valence-electron chi connectivity index (χ4n) is 1.94. The second-order valence-electron chi connectivity index (χ2n) is 4.19. The molecular formula is C15H14BrFO3. The molecule has 5 heteroatoms. The lowest BCUT2D eigenvalue weighted by Crippen LogP contribution is -2.03. The van der Waals surface area contributed by atoms with E-state index in [1.165, 1.54) is 26.4 Å². The van der Waals surface area contributed by atoms with E-state index in [1.807, 2.05) is 0 Å². The Morgan fingerprint density at radius 1 is 1.10 bits per heavy atom. The van der Waals surface area contributed by atoms with Gasteiger partial charge in [0.2, 0.25) is 0 Å². The van der Waals surface area contributed by atoms with Crippen molar-refractivity contribution in [1.82, 2.24) is 0 Å². The van der Waals surface area contributed by atoms with Gasteiger partial charge in [0.05, 0.1) is 14.2 Å². The van der Waals surface area contributed by atoms with E-state index in [0.29, 0.717) is 27.1 Å². The fourth-order valence-corrected chi connectivity index (χ4v) is 2.47. The maximum absolute atomic E-state index is 13.2. The Bertz CT molecular complexity index is 616. The minimum atomic E-state index is -0.958. The molecule has 0 aromatic heterocycles.